The molecule has 0 aromatic heterocycles. The quantitative estimate of drug-likeness (QED) is 0.645. The number of likely N-dealkylation sites (tertiary alicyclic amines) is 1. The molecule has 0 radical (unpaired) electrons. The smallest absolute Gasteiger partial charge is 0.321 e. The van der Waals surface area contributed by atoms with E-state index < -0.39 is 0 Å². The molecule has 1 aliphatic rings. The van der Waals surface area contributed by atoms with Crippen LogP contribution >= 0.6 is 0 Å². The molecule has 1 heterocycles. The van der Waals surface area contributed by atoms with Gasteiger partial charge in [-0.15, -0.1) is 0 Å². The van der Waals surface area contributed by atoms with E-state index in [0.717, 1.165) is 25.9 Å². The minimum Gasteiger partial charge on any atom is -0.427 e. The average Bonchev–Trinajstić information content (AvgIpc) is 2.81. The second kappa shape index (κ2) is 5.53. The molecule has 1 aromatic rings. The third-order valence-corrected chi connectivity index (χ3v) is 2.74. The number of urea groups is 1. The minimum atomic E-state index is -0.377. The summed E-state index contributed by atoms with van der Waals surface area (Å²) in [6, 6.07) is 6.70. The first-order chi connectivity index (χ1) is 8.65. The van der Waals surface area contributed by atoms with Crippen LogP contribution in [0.3, 0.4) is 0 Å². The van der Waals surface area contributed by atoms with Crippen LogP contribution in [0.4, 0.5) is 10.5 Å². The topological polar surface area (TPSA) is 58.6 Å². The van der Waals surface area contributed by atoms with Gasteiger partial charge in [0.15, 0.2) is 0 Å². The van der Waals surface area contributed by atoms with Crippen molar-refractivity contribution in [3.8, 4) is 5.75 Å². The number of nitrogens with zero attached hydrogens (tertiary/aromatic N) is 1. The van der Waals surface area contributed by atoms with Gasteiger partial charge in [0.25, 0.3) is 0 Å². The molecule has 0 spiro atoms. The van der Waals surface area contributed by atoms with Crippen molar-refractivity contribution in [2.45, 2.75) is 19.8 Å². The second-order valence-corrected chi connectivity index (χ2v) is 4.25. The van der Waals surface area contributed by atoms with Gasteiger partial charge in [-0.1, -0.05) is 6.07 Å². The zero-order valence-corrected chi connectivity index (χ0v) is 10.3. The van der Waals surface area contributed by atoms with Gasteiger partial charge in [0, 0.05) is 31.8 Å². The number of amides is 2. The Morgan fingerprint density at radius 2 is 2.00 bits per heavy atom. The Kier molecular flexibility index (Phi) is 3.82. The van der Waals surface area contributed by atoms with Crippen LogP contribution in [0, 0.1) is 0 Å². The lowest BCUT2D eigenvalue weighted by atomic mass is 10.3. The molecule has 0 unspecified atom stereocenters. The lowest BCUT2D eigenvalue weighted by Crippen LogP contribution is -2.32. The molecule has 2 amide bonds. The Balaban J connectivity index is 2.00. The van der Waals surface area contributed by atoms with Gasteiger partial charge in [-0.3, -0.25) is 4.79 Å². The zero-order chi connectivity index (χ0) is 13.0. The molecule has 18 heavy (non-hydrogen) atoms. The number of rotatable bonds is 2. The molecule has 2 rings (SSSR count). The fraction of sp³-hybridized carbons (Fsp3) is 0.385. The molecule has 0 bridgehead atoms. The van der Waals surface area contributed by atoms with Crippen LogP contribution in [0.15, 0.2) is 24.3 Å². The van der Waals surface area contributed by atoms with Crippen molar-refractivity contribution in [3.63, 3.8) is 0 Å². The highest BCUT2D eigenvalue weighted by atomic mass is 16.5. The third kappa shape index (κ3) is 3.23. The van der Waals surface area contributed by atoms with Crippen LogP contribution in [0.5, 0.6) is 5.75 Å². The molecule has 1 N–H and O–H groups in total. The van der Waals surface area contributed by atoms with Crippen molar-refractivity contribution in [1.82, 2.24) is 4.90 Å². The van der Waals surface area contributed by atoms with Gasteiger partial charge < -0.3 is 15.0 Å². The molecule has 1 aliphatic heterocycles. The summed E-state index contributed by atoms with van der Waals surface area (Å²) < 4.78 is 4.96. The Bertz CT molecular complexity index is 453. The van der Waals surface area contributed by atoms with Gasteiger partial charge in [-0.2, -0.15) is 0 Å². The molecule has 0 aliphatic carbocycles. The van der Waals surface area contributed by atoms with E-state index in [-0.39, 0.29) is 12.0 Å². The highest BCUT2D eigenvalue weighted by Gasteiger charge is 2.17. The normalized spacial score (nSPS) is 14.4. The Labute approximate surface area is 106 Å². The largest absolute Gasteiger partial charge is 0.427 e. The fourth-order valence-electron chi connectivity index (χ4n) is 1.93. The zero-order valence-electron chi connectivity index (χ0n) is 10.3. The predicted octanol–water partition coefficient (Wildman–Crippen LogP) is 2.24. The molecule has 1 aromatic carbocycles. The highest BCUT2D eigenvalue weighted by molar-refractivity contribution is 5.89. The molecule has 5 heteroatoms. The summed E-state index contributed by atoms with van der Waals surface area (Å²) in [7, 11) is 0. The monoisotopic (exact) mass is 248 g/mol. The molecular weight excluding hydrogens is 232 g/mol. The van der Waals surface area contributed by atoms with Crippen molar-refractivity contribution in [1.29, 1.82) is 0 Å². The molecule has 0 saturated carbocycles. The molecular formula is C13H16N2O3. The van der Waals surface area contributed by atoms with E-state index in [9.17, 15) is 9.59 Å². The van der Waals surface area contributed by atoms with Gasteiger partial charge in [0.05, 0.1) is 0 Å². The van der Waals surface area contributed by atoms with E-state index in [1.807, 2.05) is 0 Å². The maximum atomic E-state index is 11.9. The summed E-state index contributed by atoms with van der Waals surface area (Å²) >= 11 is 0. The van der Waals surface area contributed by atoms with Crippen LogP contribution in [-0.4, -0.2) is 30.0 Å². The molecule has 5 nitrogen and oxygen atoms in total. The van der Waals surface area contributed by atoms with E-state index in [4.69, 9.17) is 4.74 Å². The standard InChI is InChI=1S/C13H16N2O3/c1-10(16)18-12-6-4-5-11(9-12)14-13(17)15-7-2-3-8-15/h4-6,9H,2-3,7-8H2,1H3,(H,14,17). The summed E-state index contributed by atoms with van der Waals surface area (Å²) in [5, 5.41) is 2.79. The van der Waals surface area contributed by atoms with Crippen LogP contribution in [0.2, 0.25) is 0 Å². The van der Waals surface area contributed by atoms with Crippen LogP contribution < -0.4 is 10.1 Å². The molecule has 96 valence electrons. The Morgan fingerprint density at radius 1 is 1.28 bits per heavy atom. The molecule has 0 atom stereocenters. The number of hydrogen-bond acceptors (Lipinski definition) is 3. The lowest BCUT2D eigenvalue weighted by Gasteiger charge is -2.16. The number of nitrogens with one attached hydrogen (secondary N) is 1. The van der Waals surface area contributed by atoms with E-state index >= 15 is 0 Å². The van der Waals surface area contributed by atoms with Gasteiger partial charge >= 0.3 is 12.0 Å². The molecule has 1 saturated heterocycles. The summed E-state index contributed by atoms with van der Waals surface area (Å²) in [6.07, 6.45) is 2.11. The average molecular weight is 248 g/mol. The van der Waals surface area contributed by atoms with E-state index in [1.165, 1.54) is 6.92 Å². The van der Waals surface area contributed by atoms with Crippen molar-refractivity contribution in [2.75, 3.05) is 18.4 Å². The SMILES string of the molecule is CC(=O)Oc1cccc(NC(=O)N2CCCC2)c1. The number of esters is 1. The fourth-order valence-corrected chi connectivity index (χ4v) is 1.93. The first-order valence-electron chi connectivity index (χ1n) is 5.99. The number of anilines is 1. The lowest BCUT2D eigenvalue weighted by molar-refractivity contribution is -0.131. The molecule has 1 fully saturated rings. The van der Waals surface area contributed by atoms with E-state index in [0.29, 0.717) is 11.4 Å². The Hall–Kier alpha value is -2.04. The summed E-state index contributed by atoms with van der Waals surface area (Å²) in [6.45, 7) is 2.94. The van der Waals surface area contributed by atoms with Crippen LogP contribution in [0.1, 0.15) is 19.8 Å². The van der Waals surface area contributed by atoms with Crippen LogP contribution in [-0.2, 0) is 4.79 Å². The van der Waals surface area contributed by atoms with Crippen molar-refractivity contribution >= 4 is 17.7 Å². The van der Waals surface area contributed by atoms with Crippen molar-refractivity contribution in [3.05, 3.63) is 24.3 Å². The number of hydrogen-bond donors (Lipinski definition) is 1. The number of carbonyl (C=O) groups is 2. The van der Waals surface area contributed by atoms with Gasteiger partial charge in [-0.25, -0.2) is 4.79 Å². The van der Waals surface area contributed by atoms with Crippen LogP contribution in [0.25, 0.3) is 0 Å². The predicted molar refractivity (Wildman–Crippen MR) is 67.6 cm³/mol. The third-order valence-electron chi connectivity index (χ3n) is 2.74. The van der Waals surface area contributed by atoms with Gasteiger partial charge in [0.1, 0.15) is 5.75 Å². The van der Waals surface area contributed by atoms with E-state index in [2.05, 4.69) is 5.32 Å². The van der Waals surface area contributed by atoms with Gasteiger partial charge in [0.2, 0.25) is 0 Å². The first-order valence-corrected chi connectivity index (χ1v) is 5.99. The van der Waals surface area contributed by atoms with Gasteiger partial charge in [-0.05, 0) is 25.0 Å². The minimum absolute atomic E-state index is 0.104. The summed E-state index contributed by atoms with van der Waals surface area (Å²) in [5.41, 5.74) is 0.630. The maximum absolute atomic E-state index is 11.9. The second-order valence-electron chi connectivity index (χ2n) is 4.25. The summed E-state index contributed by atoms with van der Waals surface area (Å²) in [4.78, 5) is 24.5. The van der Waals surface area contributed by atoms with E-state index in [1.54, 1.807) is 29.2 Å². The number of ether oxygens (including phenoxy) is 1. The number of benzene rings is 1. The van der Waals surface area contributed by atoms with Crippen molar-refractivity contribution < 1.29 is 14.3 Å². The summed E-state index contributed by atoms with van der Waals surface area (Å²) in [5.74, 6) is 0.0553. The Morgan fingerprint density at radius 3 is 2.67 bits per heavy atom. The number of carbonyl (C=O) groups excluding carboxylic acids is 2. The van der Waals surface area contributed by atoms with Crippen molar-refractivity contribution in [2.24, 2.45) is 0 Å². The maximum Gasteiger partial charge on any atom is 0.321 e. The highest BCUT2D eigenvalue weighted by Crippen LogP contribution is 2.18. The first kappa shape index (κ1) is 12.4.